The smallest absolute Gasteiger partial charge is 0.303 e. The minimum Gasteiger partial charge on any atom is -0.481 e. The predicted molar refractivity (Wildman–Crippen MR) is 117 cm³/mol. The summed E-state index contributed by atoms with van der Waals surface area (Å²) in [4.78, 5) is 38.8. The first-order valence-electron chi connectivity index (χ1n) is 9.83. The van der Waals surface area contributed by atoms with Crippen LogP contribution in [0.5, 0.6) is 0 Å². The molecule has 31 heavy (non-hydrogen) atoms. The molecular formula is C22H22N4O5. The van der Waals surface area contributed by atoms with Crippen LogP contribution in [-0.4, -0.2) is 32.0 Å². The predicted octanol–water partition coefficient (Wildman–Crippen LogP) is 3.79. The molecule has 2 N–H and O–H groups in total. The maximum atomic E-state index is 13.1. The molecule has 9 nitrogen and oxygen atoms in total. The van der Waals surface area contributed by atoms with Crippen LogP contribution in [0.2, 0.25) is 0 Å². The number of benzene rings is 2. The fourth-order valence-electron chi connectivity index (χ4n) is 3.21. The molecule has 0 spiro atoms. The molecule has 0 bridgehead atoms. The minimum absolute atomic E-state index is 0.0278. The highest BCUT2D eigenvalue weighted by molar-refractivity contribution is 5.83. The summed E-state index contributed by atoms with van der Waals surface area (Å²) in [6, 6.07) is 13.2. The van der Waals surface area contributed by atoms with Crippen LogP contribution in [-0.2, 0) is 17.6 Å². The van der Waals surface area contributed by atoms with Gasteiger partial charge in [0.15, 0.2) is 0 Å². The number of aromatic nitrogens is 2. The molecule has 9 heteroatoms. The Bertz CT molecular complexity index is 1180. The van der Waals surface area contributed by atoms with Crippen LogP contribution >= 0.6 is 0 Å². The Hall–Kier alpha value is -4.01. The fourth-order valence-corrected chi connectivity index (χ4v) is 3.21. The van der Waals surface area contributed by atoms with Gasteiger partial charge in [-0.25, -0.2) is 4.68 Å². The second-order valence-corrected chi connectivity index (χ2v) is 6.91. The van der Waals surface area contributed by atoms with E-state index in [1.165, 1.54) is 35.2 Å². The van der Waals surface area contributed by atoms with Crippen molar-refractivity contribution in [1.29, 1.82) is 0 Å². The number of para-hydroxylation sites is 1. The number of aliphatic imine (C=N–C) groups is 1. The van der Waals surface area contributed by atoms with Crippen molar-refractivity contribution in [2.24, 2.45) is 4.99 Å². The van der Waals surface area contributed by atoms with Gasteiger partial charge in [0.25, 0.3) is 11.2 Å². The number of hydrogen-bond donors (Lipinski definition) is 2. The molecule has 0 unspecified atom stereocenters. The van der Waals surface area contributed by atoms with Gasteiger partial charge in [0.1, 0.15) is 0 Å². The molecule has 3 aromatic rings. The first-order valence-corrected chi connectivity index (χ1v) is 9.83. The molecule has 0 atom stereocenters. The average molecular weight is 422 g/mol. The second kappa shape index (κ2) is 9.66. The van der Waals surface area contributed by atoms with Gasteiger partial charge < -0.3 is 5.11 Å². The summed E-state index contributed by atoms with van der Waals surface area (Å²) < 4.78 is 1.28. The van der Waals surface area contributed by atoms with E-state index in [1.54, 1.807) is 0 Å². The molecule has 160 valence electrons. The van der Waals surface area contributed by atoms with E-state index in [-0.39, 0.29) is 17.7 Å². The number of aliphatic carboxylic acids is 1. The number of carboxylic acid groups (broad SMARTS) is 1. The minimum atomic E-state index is -0.913. The van der Waals surface area contributed by atoms with E-state index < -0.39 is 10.9 Å². The van der Waals surface area contributed by atoms with Gasteiger partial charge in [0, 0.05) is 30.5 Å². The zero-order chi connectivity index (χ0) is 22.4. The summed E-state index contributed by atoms with van der Waals surface area (Å²) in [5.74, 6) is -0.913. The lowest BCUT2D eigenvalue weighted by Crippen LogP contribution is -2.17. The van der Waals surface area contributed by atoms with Crippen molar-refractivity contribution in [3.63, 3.8) is 0 Å². The monoisotopic (exact) mass is 422 g/mol. The largest absolute Gasteiger partial charge is 0.481 e. The van der Waals surface area contributed by atoms with Gasteiger partial charge >= 0.3 is 5.97 Å². The summed E-state index contributed by atoms with van der Waals surface area (Å²) in [6.07, 6.45) is 2.95. The molecule has 0 amide bonds. The molecule has 1 aromatic heterocycles. The highest BCUT2D eigenvalue weighted by Gasteiger charge is 2.15. The van der Waals surface area contributed by atoms with Crippen LogP contribution < -0.4 is 5.56 Å². The van der Waals surface area contributed by atoms with Crippen molar-refractivity contribution in [2.75, 3.05) is 0 Å². The van der Waals surface area contributed by atoms with E-state index in [4.69, 9.17) is 5.11 Å². The zero-order valence-electron chi connectivity index (χ0n) is 16.9. The molecule has 1 heterocycles. The number of nitrogens with one attached hydrogen (secondary N) is 1. The molecule has 0 aliphatic heterocycles. The quantitative estimate of drug-likeness (QED) is 0.308. The summed E-state index contributed by atoms with van der Waals surface area (Å²) >= 11 is 0. The number of nitro benzene ring substituents is 1. The normalized spacial score (nSPS) is 11.1. The number of aryl methyl sites for hydroxylation is 2. The lowest BCUT2D eigenvalue weighted by molar-refractivity contribution is -0.384. The molecule has 0 radical (unpaired) electrons. The summed E-state index contributed by atoms with van der Waals surface area (Å²) in [5.41, 5.74) is 2.67. The van der Waals surface area contributed by atoms with Crippen LogP contribution in [0.1, 0.15) is 36.6 Å². The molecule has 0 saturated heterocycles. The van der Waals surface area contributed by atoms with Gasteiger partial charge in [-0.05, 0) is 43.0 Å². The van der Waals surface area contributed by atoms with Crippen molar-refractivity contribution in [3.05, 3.63) is 85.8 Å². The Morgan fingerprint density at radius 3 is 2.58 bits per heavy atom. The number of aromatic amines is 1. The summed E-state index contributed by atoms with van der Waals surface area (Å²) in [7, 11) is 0. The number of H-pyrrole nitrogens is 1. The number of carboxylic acids is 1. The van der Waals surface area contributed by atoms with Crippen LogP contribution in [0.15, 0.2) is 58.3 Å². The van der Waals surface area contributed by atoms with Crippen molar-refractivity contribution in [1.82, 2.24) is 9.78 Å². The van der Waals surface area contributed by atoms with E-state index in [0.717, 1.165) is 17.7 Å². The van der Waals surface area contributed by atoms with Gasteiger partial charge in [-0.3, -0.25) is 29.8 Å². The van der Waals surface area contributed by atoms with E-state index >= 15 is 0 Å². The SMILES string of the molecule is CCc1ccccc1N=Cc1c(CCCC(=O)O)[nH]n(-c2ccc([N+](=O)[O-])cc2)c1=O. The van der Waals surface area contributed by atoms with Crippen molar-refractivity contribution < 1.29 is 14.8 Å². The number of nitrogens with zero attached hydrogens (tertiary/aromatic N) is 3. The molecule has 0 aliphatic carbocycles. The zero-order valence-corrected chi connectivity index (χ0v) is 16.9. The number of nitro groups is 1. The Morgan fingerprint density at radius 1 is 1.23 bits per heavy atom. The van der Waals surface area contributed by atoms with E-state index in [0.29, 0.717) is 29.8 Å². The number of hydrogen-bond acceptors (Lipinski definition) is 5. The van der Waals surface area contributed by atoms with Gasteiger partial charge in [0.05, 0.1) is 21.9 Å². The van der Waals surface area contributed by atoms with Gasteiger partial charge in [-0.2, -0.15) is 0 Å². The Labute approximate surface area is 177 Å². The Balaban J connectivity index is 2.01. The third-order valence-electron chi connectivity index (χ3n) is 4.85. The second-order valence-electron chi connectivity index (χ2n) is 6.91. The fraction of sp³-hybridized carbons (Fsp3) is 0.227. The van der Waals surface area contributed by atoms with Crippen LogP contribution in [0.3, 0.4) is 0 Å². The molecular weight excluding hydrogens is 400 g/mol. The Kier molecular flexibility index (Phi) is 6.76. The van der Waals surface area contributed by atoms with Crippen molar-refractivity contribution in [2.45, 2.75) is 32.6 Å². The maximum absolute atomic E-state index is 13.1. The molecule has 0 saturated carbocycles. The third-order valence-corrected chi connectivity index (χ3v) is 4.85. The molecule has 0 fully saturated rings. The van der Waals surface area contributed by atoms with E-state index in [9.17, 15) is 19.7 Å². The Morgan fingerprint density at radius 2 is 1.94 bits per heavy atom. The standard InChI is InChI=1S/C22H22N4O5/c1-2-15-6-3-4-7-19(15)23-14-18-20(8-5-9-21(27)28)24-25(22(18)29)16-10-12-17(13-11-16)26(30)31/h3-4,6-7,10-14,24H,2,5,8-9H2,1H3,(H,27,28). The van der Waals surface area contributed by atoms with Crippen molar-refractivity contribution in [3.8, 4) is 5.69 Å². The van der Waals surface area contributed by atoms with Crippen LogP contribution in [0.25, 0.3) is 5.69 Å². The molecule has 2 aromatic carbocycles. The first kappa shape index (κ1) is 21.7. The summed E-state index contributed by atoms with van der Waals surface area (Å²) in [6.45, 7) is 2.02. The average Bonchev–Trinajstić information content (AvgIpc) is 3.07. The lowest BCUT2D eigenvalue weighted by atomic mass is 10.1. The van der Waals surface area contributed by atoms with Crippen LogP contribution in [0, 0.1) is 10.1 Å². The molecule has 0 aliphatic rings. The van der Waals surface area contributed by atoms with Gasteiger partial charge in [0.2, 0.25) is 0 Å². The van der Waals surface area contributed by atoms with E-state index in [2.05, 4.69) is 10.1 Å². The number of carbonyl (C=O) groups is 1. The summed E-state index contributed by atoms with van der Waals surface area (Å²) in [5, 5.41) is 22.8. The maximum Gasteiger partial charge on any atom is 0.303 e. The lowest BCUT2D eigenvalue weighted by Gasteiger charge is -2.02. The molecule has 3 rings (SSSR count). The number of non-ortho nitro benzene ring substituents is 1. The highest BCUT2D eigenvalue weighted by atomic mass is 16.6. The van der Waals surface area contributed by atoms with Gasteiger partial charge in [-0.15, -0.1) is 0 Å². The third kappa shape index (κ3) is 5.13. The van der Waals surface area contributed by atoms with E-state index in [1.807, 2.05) is 31.2 Å². The van der Waals surface area contributed by atoms with Crippen LogP contribution in [0.4, 0.5) is 11.4 Å². The topological polar surface area (TPSA) is 131 Å². The van der Waals surface area contributed by atoms with Gasteiger partial charge in [-0.1, -0.05) is 25.1 Å². The first-order chi connectivity index (χ1) is 14.9. The number of rotatable bonds is 9. The highest BCUT2D eigenvalue weighted by Crippen LogP contribution is 2.20. The van der Waals surface area contributed by atoms with Crippen molar-refractivity contribution >= 4 is 23.6 Å².